The minimum atomic E-state index is 0. The molecule has 0 bridgehead atoms. The van der Waals surface area contributed by atoms with Crippen LogP contribution in [0.1, 0.15) is 9.27 Å². The molecule has 0 aromatic heterocycles. The van der Waals surface area contributed by atoms with Crippen LogP contribution in [0.25, 0.3) is 0 Å². The molecule has 0 saturated heterocycles. The van der Waals surface area contributed by atoms with E-state index in [-0.39, 0.29) is 2.85 Å². The van der Waals surface area contributed by atoms with Crippen molar-refractivity contribution in [1.82, 2.24) is 0 Å². The van der Waals surface area contributed by atoms with Crippen molar-refractivity contribution in [3.8, 4) is 0 Å². The predicted octanol–water partition coefficient (Wildman–Crippen LogP) is 2.06. The second kappa shape index (κ2) is 2.62. The molecule has 0 nitrogen and oxygen atoms in total. The molecule has 0 aliphatic heterocycles. The van der Waals surface area contributed by atoms with Gasteiger partial charge >= 0.3 is 59.1 Å². The molecule has 7 heavy (non-hydrogen) atoms. The summed E-state index contributed by atoms with van der Waals surface area (Å²) in [6.07, 6.45) is 7.78. The summed E-state index contributed by atoms with van der Waals surface area (Å²) in [6, 6.07) is 0. The van der Waals surface area contributed by atoms with Crippen LogP contribution >= 0.6 is 0 Å². The van der Waals surface area contributed by atoms with Gasteiger partial charge in [0.25, 0.3) is 0 Å². The molecule has 0 aromatic rings. The molecule has 0 N–H and O–H groups in total. The summed E-state index contributed by atoms with van der Waals surface area (Å²) >= 11 is 1.63. The van der Waals surface area contributed by atoms with Gasteiger partial charge in [-0.3, -0.25) is 0 Å². The van der Waals surface area contributed by atoms with Crippen molar-refractivity contribution in [3.05, 3.63) is 23.8 Å². The maximum atomic E-state index is 2.22. The summed E-state index contributed by atoms with van der Waals surface area (Å²) in [5.74, 6) is 0. The third kappa shape index (κ3) is 1.38. The molecular formula is C6H9Zr. The third-order valence-electron chi connectivity index (χ3n) is 1.08. The van der Waals surface area contributed by atoms with Crippen molar-refractivity contribution >= 4 is 0 Å². The first-order valence-corrected chi connectivity index (χ1v) is 4.16. The van der Waals surface area contributed by atoms with Gasteiger partial charge in [0, 0.05) is 0 Å². The summed E-state index contributed by atoms with van der Waals surface area (Å²) in [7, 11) is 0. The summed E-state index contributed by atoms with van der Waals surface area (Å²) in [6.45, 7) is 0. The Kier molecular flexibility index (Phi) is 2.06. The Balaban J connectivity index is 0. The van der Waals surface area contributed by atoms with Gasteiger partial charge in [0.1, 0.15) is 0 Å². The molecule has 0 radical (unpaired) electrons. The molecule has 0 unspecified atom stereocenters. The van der Waals surface area contributed by atoms with Gasteiger partial charge in [-0.05, 0) is 0 Å². The summed E-state index contributed by atoms with van der Waals surface area (Å²) < 4.78 is 1.31. The molecular weight excluding hydrogens is 163 g/mol. The van der Waals surface area contributed by atoms with Crippen LogP contribution in [-0.2, 0) is 24.7 Å². The Labute approximate surface area is 62.1 Å². The summed E-state index contributed by atoms with van der Waals surface area (Å²) in [5, 5.41) is 0. The molecule has 0 saturated carbocycles. The number of rotatable bonds is 1. The van der Waals surface area contributed by atoms with E-state index in [2.05, 4.69) is 18.2 Å². The minimum absolute atomic E-state index is 0. The molecule has 1 rings (SSSR count). The van der Waals surface area contributed by atoms with Crippen molar-refractivity contribution in [2.45, 2.75) is 10.5 Å². The monoisotopic (exact) mass is 171 g/mol. The van der Waals surface area contributed by atoms with Crippen LogP contribution in [0, 0.1) is 0 Å². The van der Waals surface area contributed by atoms with Gasteiger partial charge < -0.3 is 2.85 Å². The van der Waals surface area contributed by atoms with Crippen LogP contribution in [-0.4, -0.2) is 0 Å². The molecule has 0 atom stereocenters. The van der Waals surface area contributed by atoms with E-state index in [9.17, 15) is 0 Å². The molecule has 1 heteroatoms. The topological polar surface area (TPSA) is 0 Å². The van der Waals surface area contributed by atoms with Gasteiger partial charge in [-0.25, -0.2) is 0 Å². The molecule has 37 valence electrons. The molecule has 0 fully saturated rings. The molecule has 0 heterocycles. The SMILES string of the molecule is [H-].[H-].[Zr+2][CH2]C1=CC=CC1. The second-order valence-corrected chi connectivity index (χ2v) is 2.50. The van der Waals surface area contributed by atoms with Crippen LogP contribution in [0.5, 0.6) is 0 Å². The van der Waals surface area contributed by atoms with Crippen molar-refractivity contribution < 1.29 is 27.6 Å². The standard InChI is InChI=1S/C6H7.Zr.2H/c1-6-4-2-3-5-6;;;/h2-4H,1,5H2;;;/q;+2;2*-1. The molecule has 1 aliphatic rings. The zero-order chi connectivity index (χ0) is 5.11. The van der Waals surface area contributed by atoms with E-state index in [1.807, 2.05) is 0 Å². The van der Waals surface area contributed by atoms with E-state index >= 15 is 0 Å². The summed E-state index contributed by atoms with van der Waals surface area (Å²) in [4.78, 5) is 0. The van der Waals surface area contributed by atoms with Crippen LogP contribution < -0.4 is 0 Å². The normalized spacial score (nSPS) is 17.7. The molecule has 1 aliphatic carbocycles. The first-order chi connectivity index (χ1) is 3.43. The van der Waals surface area contributed by atoms with Crippen molar-refractivity contribution in [2.75, 3.05) is 0 Å². The fourth-order valence-corrected chi connectivity index (χ4v) is 1.27. The number of hydrogen-bond donors (Lipinski definition) is 0. The average molecular weight is 172 g/mol. The van der Waals surface area contributed by atoms with Gasteiger partial charge in [0.05, 0.1) is 0 Å². The Morgan fingerprint density at radius 3 is 3.00 bits per heavy atom. The number of hydrogen-bond acceptors (Lipinski definition) is 0. The van der Waals surface area contributed by atoms with Crippen LogP contribution in [0.15, 0.2) is 23.8 Å². The summed E-state index contributed by atoms with van der Waals surface area (Å²) in [5.41, 5.74) is 1.60. The fourth-order valence-electron chi connectivity index (χ4n) is 0.623. The van der Waals surface area contributed by atoms with Gasteiger partial charge in [0.15, 0.2) is 0 Å². The first kappa shape index (κ1) is 5.50. The Morgan fingerprint density at radius 2 is 2.71 bits per heavy atom. The van der Waals surface area contributed by atoms with Crippen LogP contribution in [0.3, 0.4) is 0 Å². The maximum absolute atomic E-state index is 2.22. The van der Waals surface area contributed by atoms with E-state index in [1.165, 1.54) is 10.5 Å². The molecule has 0 amide bonds. The third-order valence-corrected chi connectivity index (χ3v) is 2.19. The quantitative estimate of drug-likeness (QED) is 0.568. The Morgan fingerprint density at radius 1 is 1.86 bits per heavy atom. The second-order valence-electron chi connectivity index (χ2n) is 1.63. The van der Waals surface area contributed by atoms with E-state index in [1.54, 1.807) is 30.3 Å². The Hall–Kier alpha value is 0.363. The van der Waals surface area contributed by atoms with E-state index in [0.717, 1.165) is 0 Å². The van der Waals surface area contributed by atoms with E-state index in [4.69, 9.17) is 0 Å². The molecule has 0 spiro atoms. The first-order valence-electron chi connectivity index (χ1n) is 2.42. The zero-order valence-corrected chi connectivity index (χ0v) is 6.60. The van der Waals surface area contributed by atoms with Crippen LogP contribution in [0.4, 0.5) is 0 Å². The van der Waals surface area contributed by atoms with Gasteiger partial charge in [-0.1, -0.05) is 0 Å². The van der Waals surface area contributed by atoms with Gasteiger partial charge in [-0.15, -0.1) is 0 Å². The van der Waals surface area contributed by atoms with E-state index in [0.29, 0.717) is 0 Å². The van der Waals surface area contributed by atoms with Crippen molar-refractivity contribution in [1.29, 1.82) is 0 Å². The average Bonchev–Trinajstić information content (AvgIpc) is 2.14. The van der Waals surface area contributed by atoms with Gasteiger partial charge in [0.2, 0.25) is 0 Å². The van der Waals surface area contributed by atoms with Crippen LogP contribution in [0.2, 0.25) is 4.13 Å². The molecule has 0 aromatic carbocycles. The van der Waals surface area contributed by atoms with E-state index < -0.39 is 0 Å². The van der Waals surface area contributed by atoms with Crippen molar-refractivity contribution in [2.24, 2.45) is 0 Å². The fraction of sp³-hybridized carbons (Fsp3) is 0.333. The zero-order valence-electron chi connectivity index (χ0n) is 6.15. The van der Waals surface area contributed by atoms with Crippen molar-refractivity contribution in [3.63, 3.8) is 0 Å². The Bertz CT molecular complexity index is 118. The van der Waals surface area contributed by atoms with Gasteiger partial charge in [-0.2, -0.15) is 0 Å². The number of allylic oxidation sites excluding steroid dienone is 4. The predicted molar refractivity (Wildman–Crippen MR) is 28.9 cm³/mol.